The summed E-state index contributed by atoms with van der Waals surface area (Å²) in [5.41, 5.74) is 2.78. The van der Waals surface area contributed by atoms with E-state index in [1.807, 2.05) is 24.4 Å². The predicted molar refractivity (Wildman–Crippen MR) is 107 cm³/mol. The number of rotatable bonds is 4. The molecular formula is C20H21Cl2N3O2. The van der Waals surface area contributed by atoms with Gasteiger partial charge in [-0.05, 0) is 49.8 Å². The number of halogens is 2. The number of likely N-dealkylation sites (tertiary alicyclic amines) is 1. The molecule has 27 heavy (non-hydrogen) atoms. The Bertz CT molecular complexity index is 861. The minimum atomic E-state index is -0.833. The number of nitrogens with zero attached hydrogens (tertiary/aromatic N) is 3. The summed E-state index contributed by atoms with van der Waals surface area (Å²) < 4.78 is 2.07. The van der Waals surface area contributed by atoms with Crippen LogP contribution in [0.1, 0.15) is 37.4 Å². The first-order chi connectivity index (χ1) is 13.0. The van der Waals surface area contributed by atoms with Crippen LogP contribution in [0.5, 0.6) is 0 Å². The van der Waals surface area contributed by atoms with Crippen molar-refractivity contribution in [2.75, 3.05) is 13.1 Å². The molecule has 0 spiro atoms. The third-order valence-electron chi connectivity index (χ3n) is 5.30. The summed E-state index contributed by atoms with van der Waals surface area (Å²) in [6.45, 7) is 1.16. The zero-order valence-electron chi connectivity index (χ0n) is 14.8. The molecule has 142 valence electrons. The van der Waals surface area contributed by atoms with Gasteiger partial charge >= 0.3 is 6.09 Å². The van der Waals surface area contributed by atoms with Crippen LogP contribution in [-0.4, -0.2) is 39.0 Å². The number of piperidine rings is 1. The van der Waals surface area contributed by atoms with E-state index >= 15 is 0 Å². The van der Waals surface area contributed by atoms with Gasteiger partial charge < -0.3 is 10.0 Å². The molecule has 1 saturated carbocycles. The summed E-state index contributed by atoms with van der Waals surface area (Å²) >= 11 is 12.9. The monoisotopic (exact) mass is 405 g/mol. The maximum Gasteiger partial charge on any atom is 0.407 e. The summed E-state index contributed by atoms with van der Waals surface area (Å²) in [6, 6.07) is 5.96. The minimum Gasteiger partial charge on any atom is -0.465 e. The predicted octanol–water partition coefficient (Wildman–Crippen LogP) is 5.60. The molecule has 1 aromatic heterocycles. The number of carboxylic acid groups (broad SMARTS) is 1. The Labute approximate surface area is 168 Å². The van der Waals surface area contributed by atoms with Crippen LogP contribution in [-0.2, 0) is 0 Å². The van der Waals surface area contributed by atoms with Gasteiger partial charge in [-0.15, -0.1) is 0 Å². The maximum absolute atomic E-state index is 11.1. The zero-order chi connectivity index (χ0) is 19.0. The molecule has 5 nitrogen and oxygen atoms in total. The lowest BCUT2D eigenvalue weighted by Gasteiger charge is -2.28. The molecule has 0 radical (unpaired) electrons. The molecule has 1 aliphatic heterocycles. The van der Waals surface area contributed by atoms with Gasteiger partial charge in [-0.1, -0.05) is 35.3 Å². The third kappa shape index (κ3) is 3.85. The van der Waals surface area contributed by atoms with Gasteiger partial charge in [0.05, 0.1) is 28.0 Å². The fourth-order valence-electron chi connectivity index (χ4n) is 3.61. The molecule has 0 atom stereocenters. The molecule has 1 saturated heterocycles. The molecular weight excluding hydrogens is 385 g/mol. The summed E-state index contributed by atoms with van der Waals surface area (Å²) in [6.07, 6.45) is 9.25. The van der Waals surface area contributed by atoms with Crippen molar-refractivity contribution in [3.8, 4) is 11.1 Å². The molecule has 7 heteroatoms. The van der Waals surface area contributed by atoms with E-state index < -0.39 is 6.09 Å². The molecule has 1 aromatic carbocycles. The number of aromatic nitrogens is 2. The van der Waals surface area contributed by atoms with E-state index in [-0.39, 0.29) is 0 Å². The molecule has 2 heterocycles. The number of hydrogen-bond acceptors (Lipinski definition) is 2. The normalized spacial score (nSPS) is 18.4. The lowest BCUT2D eigenvalue weighted by molar-refractivity contribution is 0.129. The highest BCUT2D eigenvalue weighted by molar-refractivity contribution is 6.39. The van der Waals surface area contributed by atoms with Crippen molar-refractivity contribution in [3.05, 3.63) is 46.2 Å². The second-order valence-electron chi connectivity index (χ2n) is 7.18. The average molecular weight is 406 g/mol. The van der Waals surface area contributed by atoms with E-state index in [1.54, 1.807) is 0 Å². The first-order valence-electron chi connectivity index (χ1n) is 9.22. The van der Waals surface area contributed by atoms with Crippen molar-refractivity contribution < 1.29 is 9.90 Å². The third-order valence-corrected chi connectivity index (χ3v) is 5.93. The van der Waals surface area contributed by atoms with Crippen LogP contribution in [0.2, 0.25) is 10.0 Å². The summed E-state index contributed by atoms with van der Waals surface area (Å²) in [5.74, 6) is 0.359. The average Bonchev–Trinajstić information content (AvgIpc) is 3.41. The van der Waals surface area contributed by atoms with Crippen LogP contribution in [0.3, 0.4) is 0 Å². The van der Waals surface area contributed by atoms with E-state index in [9.17, 15) is 4.79 Å². The Kier molecular flexibility index (Phi) is 5.15. The first kappa shape index (κ1) is 18.4. The quantitative estimate of drug-likeness (QED) is 0.720. The first-order valence-corrected chi connectivity index (χ1v) is 9.98. The molecule has 1 amide bonds. The fourth-order valence-corrected chi connectivity index (χ4v) is 4.21. The highest BCUT2D eigenvalue weighted by Crippen LogP contribution is 2.42. The maximum atomic E-state index is 11.1. The van der Waals surface area contributed by atoms with Crippen molar-refractivity contribution >= 4 is 35.4 Å². The smallest absolute Gasteiger partial charge is 0.407 e. The van der Waals surface area contributed by atoms with E-state index in [0.29, 0.717) is 35.1 Å². The van der Waals surface area contributed by atoms with Gasteiger partial charge in [0, 0.05) is 24.2 Å². The molecule has 1 aliphatic carbocycles. The van der Waals surface area contributed by atoms with Crippen LogP contribution >= 0.6 is 23.2 Å². The largest absolute Gasteiger partial charge is 0.465 e. The van der Waals surface area contributed by atoms with Crippen LogP contribution in [0.25, 0.3) is 17.2 Å². The van der Waals surface area contributed by atoms with Crippen molar-refractivity contribution in [3.63, 3.8) is 0 Å². The van der Waals surface area contributed by atoms with E-state index in [0.717, 1.165) is 42.5 Å². The second kappa shape index (κ2) is 7.56. The fraction of sp³-hybridized carbons (Fsp3) is 0.400. The summed E-state index contributed by atoms with van der Waals surface area (Å²) in [4.78, 5) is 12.5. The molecule has 0 unspecified atom stereocenters. The van der Waals surface area contributed by atoms with Crippen LogP contribution in [0.15, 0.2) is 30.5 Å². The highest BCUT2D eigenvalue weighted by Gasteiger charge is 2.28. The number of amides is 1. The van der Waals surface area contributed by atoms with Crippen LogP contribution in [0, 0.1) is 5.92 Å². The van der Waals surface area contributed by atoms with Crippen molar-refractivity contribution in [2.45, 2.75) is 31.7 Å². The van der Waals surface area contributed by atoms with Crippen molar-refractivity contribution in [1.29, 1.82) is 0 Å². The van der Waals surface area contributed by atoms with Crippen molar-refractivity contribution in [1.82, 2.24) is 14.7 Å². The van der Waals surface area contributed by atoms with Gasteiger partial charge in [0.15, 0.2) is 0 Å². The van der Waals surface area contributed by atoms with E-state index in [4.69, 9.17) is 28.3 Å². The molecule has 1 N–H and O–H groups in total. The molecule has 2 aliphatic rings. The van der Waals surface area contributed by atoms with Gasteiger partial charge in [0.2, 0.25) is 0 Å². The molecule has 4 rings (SSSR count). The minimum absolute atomic E-state index is 0.359. The van der Waals surface area contributed by atoms with Gasteiger partial charge in [0.1, 0.15) is 0 Å². The highest BCUT2D eigenvalue weighted by atomic mass is 35.5. The van der Waals surface area contributed by atoms with Crippen molar-refractivity contribution in [2.24, 2.45) is 5.92 Å². The molecule has 2 fully saturated rings. The van der Waals surface area contributed by atoms with Crippen LogP contribution < -0.4 is 0 Å². The Balaban J connectivity index is 1.62. The summed E-state index contributed by atoms with van der Waals surface area (Å²) in [7, 11) is 0. The van der Waals surface area contributed by atoms with E-state index in [1.165, 1.54) is 4.90 Å². The standard InChI is InChI=1S/C20H21Cl2N3O2/c21-16-2-1-3-17(22)19(16)15-12-23-25(14-5-6-14)18(15)7-4-13-8-10-24(11-9-13)20(26)27/h1-4,7,12-14H,5-6,8-11H2,(H,26,27)/b7-4+. The summed E-state index contributed by atoms with van der Waals surface area (Å²) in [5, 5.41) is 14.9. The van der Waals surface area contributed by atoms with E-state index in [2.05, 4.69) is 21.9 Å². The topological polar surface area (TPSA) is 58.4 Å². The Morgan fingerprint density at radius 3 is 2.41 bits per heavy atom. The Morgan fingerprint density at radius 1 is 1.15 bits per heavy atom. The number of carbonyl (C=O) groups is 1. The van der Waals surface area contributed by atoms with Gasteiger partial charge in [0.25, 0.3) is 0 Å². The number of allylic oxidation sites excluding steroid dienone is 1. The second-order valence-corrected chi connectivity index (χ2v) is 8.00. The number of benzene rings is 1. The molecule has 0 bridgehead atoms. The lowest BCUT2D eigenvalue weighted by Crippen LogP contribution is -2.36. The molecule has 2 aromatic rings. The number of hydrogen-bond donors (Lipinski definition) is 1. The van der Waals surface area contributed by atoms with Gasteiger partial charge in [-0.2, -0.15) is 5.10 Å². The van der Waals surface area contributed by atoms with Gasteiger partial charge in [-0.3, -0.25) is 4.68 Å². The SMILES string of the molecule is O=C(O)N1CCC(/C=C/c2c(-c3c(Cl)cccc3Cl)cnn2C2CC2)CC1. The van der Waals surface area contributed by atoms with Gasteiger partial charge in [-0.25, -0.2) is 4.79 Å². The Hall–Kier alpha value is -1.98. The Morgan fingerprint density at radius 2 is 1.81 bits per heavy atom. The lowest BCUT2D eigenvalue weighted by atomic mass is 9.95. The zero-order valence-corrected chi connectivity index (χ0v) is 16.3. The van der Waals surface area contributed by atoms with Crippen LogP contribution in [0.4, 0.5) is 4.79 Å².